The number of benzene rings is 3. The van der Waals surface area contributed by atoms with Gasteiger partial charge in [-0.25, -0.2) is 0 Å². The lowest BCUT2D eigenvalue weighted by Gasteiger charge is -2.07. The Morgan fingerprint density at radius 3 is 2.42 bits per heavy atom. The Labute approximate surface area is 153 Å². The third kappa shape index (κ3) is 4.70. The van der Waals surface area contributed by atoms with Crippen LogP contribution in [0.25, 0.3) is 10.8 Å². The fourth-order valence-corrected chi connectivity index (χ4v) is 2.96. The third-order valence-corrected chi connectivity index (χ3v) is 4.32. The normalized spacial score (nSPS) is 11.5. The summed E-state index contributed by atoms with van der Waals surface area (Å²) in [5.74, 6) is 0.00230. The molecule has 0 aliphatic heterocycles. The first-order valence-electron chi connectivity index (χ1n) is 8.77. The van der Waals surface area contributed by atoms with Gasteiger partial charge in [-0.15, -0.1) is 0 Å². The molecule has 0 heterocycles. The van der Waals surface area contributed by atoms with E-state index >= 15 is 0 Å². The van der Waals surface area contributed by atoms with Crippen LogP contribution in [0, 0.1) is 0 Å². The summed E-state index contributed by atoms with van der Waals surface area (Å²) in [5, 5.41) is 17.8. The lowest BCUT2D eigenvalue weighted by atomic mass is 10.0. The van der Waals surface area contributed by atoms with Gasteiger partial charge in [0.2, 0.25) is 5.91 Å². The minimum atomic E-state index is 0.00230. The van der Waals surface area contributed by atoms with Crippen molar-refractivity contribution in [1.29, 1.82) is 0 Å². The average Bonchev–Trinajstić information content (AvgIpc) is 2.68. The predicted molar refractivity (Wildman–Crippen MR) is 105 cm³/mol. The van der Waals surface area contributed by atoms with Gasteiger partial charge in [-0.1, -0.05) is 78.0 Å². The van der Waals surface area contributed by atoms with Gasteiger partial charge in [0.05, 0.1) is 12.1 Å². The molecule has 1 amide bonds. The molecule has 0 unspecified atom stereocenters. The highest BCUT2D eigenvalue weighted by atomic mass is 16.4. The van der Waals surface area contributed by atoms with Gasteiger partial charge in [-0.2, -0.15) is 0 Å². The molecular weight excluding hydrogens is 324 g/mol. The second-order valence-corrected chi connectivity index (χ2v) is 6.22. The van der Waals surface area contributed by atoms with Gasteiger partial charge in [-0.3, -0.25) is 4.79 Å². The SMILES string of the molecule is O=C(Cc1ccc2ccccc2c1)NCCC/C(=N/O)c1ccccc1. The van der Waals surface area contributed by atoms with E-state index in [1.165, 1.54) is 5.39 Å². The van der Waals surface area contributed by atoms with E-state index < -0.39 is 0 Å². The van der Waals surface area contributed by atoms with E-state index in [1.54, 1.807) is 0 Å². The molecule has 4 nitrogen and oxygen atoms in total. The predicted octanol–water partition coefficient (Wildman–Crippen LogP) is 4.16. The molecule has 3 aromatic carbocycles. The lowest BCUT2D eigenvalue weighted by molar-refractivity contribution is -0.120. The van der Waals surface area contributed by atoms with E-state index in [-0.39, 0.29) is 5.91 Å². The zero-order chi connectivity index (χ0) is 18.2. The van der Waals surface area contributed by atoms with Crippen LogP contribution in [0.1, 0.15) is 24.0 Å². The van der Waals surface area contributed by atoms with Gasteiger partial charge >= 0.3 is 0 Å². The summed E-state index contributed by atoms with van der Waals surface area (Å²) < 4.78 is 0. The number of nitrogens with one attached hydrogen (secondary N) is 1. The van der Waals surface area contributed by atoms with Crippen molar-refractivity contribution in [1.82, 2.24) is 5.32 Å². The minimum Gasteiger partial charge on any atom is -0.411 e. The van der Waals surface area contributed by atoms with Crippen LogP contribution in [0.4, 0.5) is 0 Å². The molecule has 132 valence electrons. The van der Waals surface area contributed by atoms with E-state index in [0.717, 1.165) is 22.9 Å². The standard InChI is InChI=1S/C22H22N2O2/c25-22(16-17-12-13-18-7-4-5-10-20(18)15-17)23-14-6-11-21(24-26)19-8-2-1-3-9-19/h1-5,7-10,12-13,15,26H,6,11,14,16H2,(H,23,25)/b24-21-. The first-order chi connectivity index (χ1) is 12.8. The molecule has 0 atom stereocenters. The Balaban J connectivity index is 1.46. The van der Waals surface area contributed by atoms with E-state index in [2.05, 4.69) is 28.7 Å². The summed E-state index contributed by atoms with van der Waals surface area (Å²) in [6.07, 6.45) is 1.69. The molecule has 0 saturated heterocycles. The van der Waals surface area contributed by atoms with Crippen molar-refractivity contribution in [3.63, 3.8) is 0 Å². The molecule has 3 rings (SSSR count). The number of fused-ring (bicyclic) bond motifs is 1. The fourth-order valence-electron chi connectivity index (χ4n) is 2.96. The summed E-state index contributed by atoms with van der Waals surface area (Å²) in [7, 11) is 0. The van der Waals surface area contributed by atoms with Crippen molar-refractivity contribution in [2.45, 2.75) is 19.3 Å². The van der Waals surface area contributed by atoms with Crippen LogP contribution in [0.2, 0.25) is 0 Å². The van der Waals surface area contributed by atoms with E-state index in [0.29, 0.717) is 25.1 Å². The maximum Gasteiger partial charge on any atom is 0.224 e. The van der Waals surface area contributed by atoms with Crippen molar-refractivity contribution in [2.75, 3.05) is 6.54 Å². The molecule has 26 heavy (non-hydrogen) atoms. The highest BCUT2D eigenvalue weighted by molar-refractivity contribution is 6.00. The van der Waals surface area contributed by atoms with Crippen LogP contribution in [-0.2, 0) is 11.2 Å². The third-order valence-electron chi connectivity index (χ3n) is 4.32. The number of rotatable bonds is 7. The maximum atomic E-state index is 12.1. The average molecular weight is 346 g/mol. The van der Waals surface area contributed by atoms with Crippen molar-refractivity contribution >= 4 is 22.4 Å². The highest BCUT2D eigenvalue weighted by Gasteiger charge is 2.06. The Morgan fingerprint density at radius 2 is 1.65 bits per heavy atom. The molecule has 3 aromatic rings. The number of hydrogen-bond acceptors (Lipinski definition) is 3. The molecule has 0 saturated carbocycles. The molecule has 0 fully saturated rings. The van der Waals surface area contributed by atoms with Gasteiger partial charge in [0, 0.05) is 6.54 Å². The van der Waals surface area contributed by atoms with E-state index in [1.807, 2.05) is 54.6 Å². The first-order valence-corrected chi connectivity index (χ1v) is 8.77. The van der Waals surface area contributed by atoms with E-state index in [9.17, 15) is 4.79 Å². The van der Waals surface area contributed by atoms with Gasteiger partial charge in [-0.05, 0) is 34.7 Å². The van der Waals surface area contributed by atoms with Crippen LogP contribution in [0.3, 0.4) is 0 Å². The topological polar surface area (TPSA) is 61.7 Å². The number of amides is 1. The summed E-state index contributed by atoms with van der Waals surface area (Å²) >= 11 is 0. The smallest absolute Gasteiger partial charge is 0.224 e. The van der Waals surface area contributed by atoms with E-state index in [4.69, 9.17) is 5.21 Å². The second kappa shape index (κ2) is 8.81. The Morgan fingerprint density at radius 1 is 0.923 bits per heavy atom. The fraction of sp³-hybridized carbons (Fsp3) is 0.182. The summed E-state index contributed by atoms with van der Waals surface area (Å²) in [4.78, 5) is 12.1. The maximum absolute atomic E-state index is 12.1. The number of oxime groups is 1. The zero-order valence-corrected chi connectivity index (χ0v) is 14.6. The van der Waals surface area contributed by atoms with Crippen LogP contribution in [0.15, 0.2) is 78.0 Å². The molecule has 2 N–H and O–H groups in total. The molecule has 0 spiro atoms. The Bertz CT molecular complexity index is 904. The minimum absolute atomic E-state index is 0.00230. The van der Waals surface area contributed by atoms with Gasteiger partial charge in [0.25, 0.3) is 0 Å². The molecule has 0 aromatic heterocycles. The van der Waals surface area contributed by atoms with Crippen LogP contribution in [0.5, 0.6) is 0 Å². The van der Waals surface area contributed by atoms with Crippen molar-refractivity contribution < 1.29 is 10.0 Å². The van der Waals surface area contributed by atoms with Crippen molar-refractivity contribution in [2.24, 2.45) is 5.16 Å². The molecule has 0 radical (unpaired) electrons. The van der Waals surface area contributed by atoms with Crippen molar-refractivity contribution in [3.8, 4) is 0 Å². The van der Waals surface area contributed by atoms with Crippen LogP contribution < -0.4 is 5.32 Å². The summed E-state index contributed by atoms with van der Waals surface area (Å²) in [6.45, 7) is 0.554. The summed E-state index contributed by atoms with van der Waals surface area (Å²) in [5.41, 5.74) is 2.54. The molecule has 0 bridgehead atoms. The largest absolute Gasteiger partial charge is 0.411 e. The van der Waals surface area contributed by atoms with Crippen molar-refractivity contribution in [3.05, 3.63) is 83.9 Å². The van der Waals surface area contributed by atoms with Gasteiger partial charge in [0.1, 0.15) is 0 Å². The summed E-state index contributed by atoms with van der Waals surface area (Å²) in [6, 6.07) is 23.8. The molecule has 0 aliphatic carbocycles. The van der Waals surface area contributed by atoms with Gasteiger partial charge < -0.3 is 10.5 Å². The zero-order valence-electron chi connectivity index (χ0n) is 14.6. The van der Waals surface area contributed by atoms with Crippen LogP contribution in [-0.4, -0.2) is 23.4 Å². The lowest BCUT2D eigenvalue weighted by Crippen LogP contribution is -2.26. The quantitative estimate of drug-likeness (QED) is 0.292. The van der Waals surface area contributed by atoms with Gasteiger partial charge in [0.15, 0.2) is 0 Å². The Hall–Kier alpha value is -3.14. The van der Waals surface area contributed by atoms with Crippen LogP contribution >= 0.6 is 0 Å². The molecular formula is C22H22N2O2. The number of hydrogen-bond donors (Lipinski definition) is 2. The second-order valence-electron chi connectivity index (χ2n) is 6.22. The molecule has 4 heteroatoms. The number of carbonyl (C=O) groups is 1. The number of carbonyl (C=O) groups excluding carboxylic acids is 1. The Kier molecular flexibility index (Phi) is 5.99. The molecule has 0 aliphatic rings. The first kappa shape index (κ1) is 17.7. The number of nitrogens with zero attached hydrogens (tertiary/aromatic N) is 1. The highest BCUT2D eigenvalue weighted by Crippen LogP contribution is 2.16. The monoisotopic (exact) mass is 346 g/mol.